The van der Waals surface area contributed by atoms with Gasteiger partial charge in [0.1, 0.15) is 5.58 Å². The molecule has 1 fully saturated rings. The van der Waals surface area contributed by atoms with Crippen molar-refractivity contribution >= 4 is 44.2 Å². The third-order valence-electron chi connectivity index (χ3n) is 5.21. The number of rotatable bonds is 4. The van der Waals surface area contributed by atoms with Gasteiger partial charge in [0, 0.05) is 28.5 Å². The highest BCUT2D eigenvalue weighted by molar-refractivity contribution is 9.10. The van der Waals surface area contributed by atoms with Gasteiger partial charge in [-0.1, -0.05) is 15.9 Å². The summed E-state index contributed by atoms with van der Waals surface area (Å²) >= 11 is 3.51. The lowest BCUT2D eigenvalue weighted by atomic mass is 10.0. The largest absolute Gasteiger partial charge is 0.464 e. The first-order chi connectivity index (χ1) is 13.5. The van der Waals surface area contributed by atoms with Crippen LogP contribution in [0.15, 0.2) is 45.5 Å². The minimum absolute atomic E-state index is 0.0615. The summed E-state index contributed by atoms with van der Waals surface area (Å²) in [6.45, 7) is 7.16. The van der Waals surface area contributed by atoms with E-state index in [-0.39, 0.29) is 12.3 Å². The van der Waals surface area contributed by atoms with Crippen LogP contribution in [0.2, 0.25) is 0 Å². The van der Waals surface area contributed by atoms with E-state index < -0.39 is 0 Å². The average Bonchev–Trinajstić information content (AvgIpc) is 3.04. The van der Waals surface area contributed by atoms with Crippen LogP contribution in [-0.2, 0) is 16.0 Å². The van der Waals surface area contributed by atoms with Crippen LogP contribution in [0.4, 0.5) is 11.4 Å². The Hall–Kier alpha value is -2.31. The van der Waals surface area contributed by atoms with E-state index in [0.29, 0.717) is 13.2 Å². The summed E-state index contributed by atoms with van der Waals surface area (Å²) in [5.74, 6) is -0.0615. The lowest BCUT2D eigenvalue weighted by molar-refractivity contribution is -0.115. The number of nitrogens with one attached hydrogen (secondary N) is 1. The molecule has 2 aromatic carbocycles. The number of nitrogens with zero attached hydrogens (tertiary/aromatic N) is 1. The molecular formula is C22H23BrN2O3. The molecule has 1 aliphatic heterocycles. The highest BCUT2D eigenvalue weighted by Crippen LogP contribution is 2.31. The third kappa shape index (κ3) is 3.93. The van der Waals surface area contributed by atoms with Crippen molar-refractivity contribution in [3.63, 3.8) is 0 Å². The Morgan fingerprint density at radius 2 is 1.89 bits per heavy atom. The van der Waals surface area contributed by atoms with Gasteiger partial charge in [-0.05, 0) is 55.3 Å². The zero-order valence-corrected chi connectivity index (χ0v) is 17.6. The fraction of sp³-hybridized carbons (Fsp3) is 0.318. The molecule has 2 heterocycles. The molecule has 5 nitrogen and oxygen atoms in total. The maximum absolute atomic E-state index is 12.8. The molecule has 0 radical (unpaired) electrons. The SMILES string of the molecule is Cc1cc2occ(CC(=O)Nc3cc(Br)ccc3N3CCOCC3)c2cc1C. The lowest BCUT2D eigenvalue weighted by Gasteiger charge is -2.30. The monoisotopic (exact) mass is 442 g/mol. The molecule has 28 heavy (non-hydrogen) atoms. The molecule has 1 N–H and O–H groups in total. The topological polar surface area (TPSA) is 54.7 Å². The number of halogens is 1. The number of morpholine rings is 1. The maximum atomic E-state index is 12.8. The van der Waals surface area contributed by atoms with Gasteiger partial charge in [-0.25, -0.2) is 0 Å². The van der Waals surface area contributed by atoms with Gasteiger partial charge in [0.05, 0.1) is 37.3 Å². The van der Waals surface area contributed by atoms with E-state index in [1.165, 1.54) is 11.1 Å². The molecule has 0 unspecified atom stereocenters. The summed E-state index contributed by atoms with van der Waals surface area (Å²) in [4.78, 5) is 15.1. The molecule has 0 atom stereocenters. The van der Waals surface area contributed by atoms with Gasteiger partial charge in [0.2, 0.25) is 5.91 Å². The summed E-state index contributed by atoms with van der Waals surface area (Å²) in [5, 5.41) is 4.09. The number of carbonyl (C=O) groups is 1. The Morgan fingerprint density at radius 3 is 2.68 bits per heavy atom. The molecule has 3 aromatic rings. The summed E-state index contributed by atoms with van der Waals surface area (Å²) in [7, 11) is 0. The van der Waals surface area contributed by atoms with Crippen LogP contribution >= 0.6 is 15.9 Å². The second-order valence-corrected chi connectivity index (χ2v) is 8.10. The Morgan fingerprint density at radius 1 is 1.14 bits per heavy atom. The molecule has 0 bridgehead atoms. The summed E-state index contributed by atoms with van der Waals surface area (Å²) in [6, 6.07) is 10.1. The molecule has 1 aliphatic rings. The van der Waals surface area contributed by atoms with Gasteiger partial charge < -0.3 is 19.4 Å². The van der Waals surface area contributed by atoms with Crippen molar-refractivity contribution in [2.24, 2.45) is 0 Å². The summed E-state index contributed by atoms with van der Waals surface area (Å²) < 4.78 is 12.0. The van der Waals surface area contributed by atoms with Crippen molar-refractivity contribution in [3.05, 3.63) is 57.8 Å². The van der Waals surface area contributed by atoms with Crippen LogP contribution in [0.3, 0.4) is 0 Å². The normalized spacial score (nSPS) is 14.5. The van der Waals surface area contributed by atoms with Crippen LogP contribution in [0.1, 0.15) is 16.7 Å². The smallest absolute Gasteiger partial charge is 0.228 e. The predicted octanol–water partition coefficient (Wildman–Crippen LogP) is 4.83. The Bertz CT molecular complexity index is 1020. The molecule has 0 saturated carbocycles. The molecule has 1 aromatic heterocycles. The highest BCUT2D eigenvalue weighted by Gasteiger charge is 2.18. The standard InChI is InChI=1S/C22H23BrN2O3/c1-14-9-18-16(13-28-21(18)10-15(14)2)11-22(26)24-19-12-17(23)3-4-20(19)25-5-7-27-8-6-25/h3-4,9-10,12-13H,5-8,11H2,1-2H3,(H,24,26). The molecule has 4 rings (SSSR count). The number of furan rings is 1. The molecular weight excluding hydrogens is 420 g/mol. The number of amides is 1. The molecule has 146 valence electrons. The Balaban J connectivity index is 1.56. The number of hydrogen-bond donors (Lipinski definition) is 1. The number of benzene rings is 2. The van der Waals surface area contributed by atoms with E-state index in [1.54, 1.807) is 6.26 Å². The summed E-state index contributed by atoms with van der Waals surface area (Å²) in [5.41, 5.74) is 5.92. The Kier molecular flexibility index (Phi) is 5.42. The number of hydrogen-bond acceptors (Lipinski definition) is 4. The number of fused-ring (bicyclic) bond motifs is 1. The number of carbonyl (C=O) groups excluding carboxylic acids is 1. The number of anilines is 2. The van der Waals surface area contributed by atoms with E-state index in [1.807, 2.05) is 24.3 Å². The molecule has 0 aliphatic carbocycles. The van der Waals surface area contributed by atoms with Gasteiger partial charge in [0.25, 0.3) is 0 Å². The second-order valence-electron chi connectivity index (χ2n) is 7.18. The fourth-order valence-electron chi connectivity index (χ4n) is 3.53. The minimum Gasteiger partial charge on any atom is -0.464 e. The average molecular weight is 443 g/mol. The zero-order chi connectivity index (χ0) is 19.7. The van der Waals surface area contributed by atoms with E-state index >= 15 is 0 Å². The van der Waals surface area contributed by atoms with Crippen molar-refractivity contribution in [2.45, 2.75) is 20.3 Å². The van der Waals surface area contributed by atoms with Gasteiger partial charge in [0.15, 0.2) is 0 Å². The van der Waals surface area contributed by atoms with Crippen LogP contribution in [0, 0.1) is 13.8 Å². The third-order valence-corrected chi connectivity index (χ3v) is 5.70. The number of ether oxygens (including phenoxy) is 1. The Labute approximate surface area is 172 Å². The van der Waals surface area contributed by atoms with Gasteiger partial charge in [-0.2, -0.15) is 0 Å². The lowest BCUT2D eigenvalue weighted by Crippen LogP contribution is -2.36. The van der Waals surface area contributed by atoms with Crippen LogP contribution < -0.4 is 10.2 Å². The van der Waals surface area contributed by atoms with Crippen molar-refractivity contribution < 1.29 is 13.9 Å². The van der Waals surface area contributed by atoms with Crippen molar-refractivity contribution in [1.82, 2.24) is 0 Å². The molecule has 6 heteroatoms. The van der Waals surface area contributed by atoms with Gasteiger partial charge in [-0.3, -0.25) is 4.79 Å². The molecule has 1 amide bonds. The molecule has 1 saturated heterocycles. The summed E-state index contributed by atoms with van der Waals surface area (Å²) in [6.07, 6.45) is 1.96. The number of aryl methyl sites for hydroxylation is 2. The van der Waals surface area contributed by atoms with E-state index in [4.69, 9.17) is 9.15 Å². The first kappa shape index (κ1) is 19.0. The first-order valence-electron chi connectivity index (χ1n) is 9.40. The van der Waals surface area contributed by atoms with Crippen molar-refractivity contribution in [3.8, 4) is 0 Å². The van der Waals surface area contributed by atoms with E-state index in [0.717, 1.165) is 45.5 Å². The van der Waals surface area contributed by atoms with E-state index in [9.17, 15) is 4.79 Å². The highest BCUT2D eigenvalue weighted by atomic mass is 79.9. The zero-order valence-electron chi connectivity index (χ0n) is 16.0. The first-order valence-corrected chi connectivity index (χ1v) is 10.2. The predicted molar refractivity (Wildman–Crippen MR) is 115 cm³/mol. The van der Waals surface area contributed by atoms with Crippen LogP contribution in [0.25, 0.3) is 11.0 Å². The van der Waals surface area contributed by atoms with Crippen molar-refractivity contribution in [2.75, 3.05) is 36.5 Å². The second kappa shape index (κ2) is 7.97. The van der Waals surface area contributed by atoms with E-state index in [2.05, 4.69) is 46.1 Å². The van der Waals surface area contributed by atoms with Gasteiger partial charge >= 0.3 is 0 Å². The van der Waals surface area contributed by atoms with Crippen LogP contribution in [0.5, 0.6) is 0 Å². The molecule has 0 spiro atoms. The fourth-order valence-corrected chi connectivity index (χ4v) is 3.89. The van der Waals surface area contributed by atoms with Gasteiger partial charge in [-0.15, -0.1) is 0 Å². The quantitative estimate of drug-likeness (QED) is 0.628. The maximum Gasteiger partial charge on any atom is 0.228 e. The van der Waals surface area contributed by atoms with Crippen molar-refractivity contribution in [1.29, 1.82) is 0 Å². The van der Waals surface area contributed by atoms with Crippen LogP contribution in [-0.4, -0.2) is 32.2 Å². The minimum atomic E-state index is -0.0615.